The summed E-state index contributed by atoms with van der Waals surface area (Å²) >= 11 is 1.22. The minimum Gasteiger partial charge on any atom is -0.392 e. The molecule has 1 amide bonds. The van der Waals surface area contributed by atoms with Crippen LogP contribution in [-0.4, -0.2) is 64.6 Å². The largest absolute Gasteiger partial charge is 0.392 e. The van der Waals surface area contributed by atoms with Crippen LogP contribution >= 0.6 is 11.3 Å². The molecule has 1 aromatic carbocycles. The SMILES string of the molecule is C[C@H](O)CN1CCN(C(=O)c2cnc(-c3ccccc3F)s2)CC1. The number of β-amino-alcohol motifs (C(OH)–C–C–N with tert-alkyl or cyclic N) is 1. The van der Waals surface area contributed by atoms with Crippen molar-refractivity contribution in [1.82, 2.24) is 14.8 Å². The maximum absolute atomic E-state index is 13.8. The van der Waals surface area contributed by atoms with Gasteiger partial charge in [0.15, 0.2) is 0 Å². The molecule has 2 heterocycles. The van der Waals surface area contributed by atoms with Gasteiger partial charge in [-0.15, -0.1) is 11.3 Å². The van der Waals surface area contributed by atoms with Crippen LogP contribution in [0.5, 0.6) is 0 Å². The fourth-order valence-corrected chi connectivity index (χ4v) is 3.71. The van der Waals surface area contributed by atoms with E-state index >= 15 is 0 Å². The molecule has 3 rings (SSSR count). The number of piperazine rings is 1. The number of aromatic nitrogens is 1. The first-order chi connectivity index (χ1) is 11.5. The molecule has 0 bridgehead atoms. The Bertz CT molecular complexity index is 711. The molecular weight excluding hydrogens is 329 g/mol. The quantitative estimate of drug-likeness (QED) is 0.918. The normalized spacial score (nSPS) is 17.0. The van der Waals surface area contributed by atoms with E-state index in [9.17, 15) is 14.3 Å². The minimum absolute atomic E-state index is 0.0632. The summed E-state index contributed by atoms with van der Waals surface area (Å²) in [4.78, 5) is 21.3. The Hall–Kier alpha value is -1.83. The number of carbonyl (C=O) groups is 1. The van der Waals surface area contributed by atoms with Gasteiger partial charge in [0.05, 0.1) is 12.3 Å². The lowest BCUT2D eigenvalue weighted by molar-refractivity contribution is 0.0558. The molecule has 1 aromatic heterocycles. The summed E-state index contributed by atoms with van der Waals surface area (Å²) in [6.07, 6.45) is 1.16. The van der Waals surface area contributed by atoms with Crippen molar-refractivity contribution in [2.75, 3.05) is 32.7 Å². The van der Waals surface area contributed by atoms with E-state index < -0.39 is 0 Å². The van der Waals surface area contributed by atoms with Crippen molar-refractivity contribution in [3.05, 3.63) is 41.2 Å². The molecule has 0 radical (unpaired) electrons. The van der Waals surface area contributed by atoms with E-state index in [1.807, 2.05) is 0 Å². The van der Waals surface area contributed by atoms with Crippen molar-refractivity contribution < 1.29 is 14.3 Å². The third-order valence-electron chi connectivity index (χ3n) is 4.00. The zero-order valence-electron chi connectivity index (χ0n) is 13.5. The van der Waals surface area contributed by atoms with Gasteiger partial charge in [0.25, 0.3) is 5.91 Å². The minimum atomic E-state index is -0.364. The van der Waals surface area contributed by atoms with Crippen LogP contribution in [0.2, 0.25) is 0 Å². The van der Waals surface area contributed by atoms with Crippen molar-refractivity contribution in [3.8, 4) is 10.6 Å². The van der Waals surface area contributed by atoms with Crippen molar-refractivity contribution in [3.63, 3.8) is 0 Å². The van der Waals surface area contributed by atoms with E-state index in [1.165, 1.54) is 23.6 Å². The topological polar surface area (TPSA) is 56.7 Å². The summed E-state index contributed by atoms with van der Waals surface area (Å²) in [6, 6.07) is 6.44. The number of carbonyl (C=O) groups excluding carboxylic acids is 1. The van der Waals surface area contributed by atoms with Crippen LogP contribution < -0.4 is 0 Å². The van der Waals surface area contributed by atoms with Crippen molar-refractivity contribution in [2.24, 2.45) is 0 Å². The van der Waals surface area contributed by atoms with Gasteiger partial charge in [0.1, 0.15) is 15.7 Å². The average Bonchev–Trinajstić information content (AvgIpc) is 3.04. The Labute approximate surface area is 144 Å². The maximum atomic E-state index is 13.8. The number of hydrogen-bond acceptors (Lipinski definition) is 5. The Morgan fingerprint density at radius 1 is 1.33 bits per heavy atom. The van der Waals surface area contributed by atoms with Gasteiger partial charge in [-0.25, -0.2) is 9.37 Å². The summed E-state index contributed by atoms with van der Waals surface area (Å²) in [5, 5.41) is 9.95. The van der Waals surface area contributed by atoms with E-state index in [0.29, 0.717) is 35.1 Å². The predicted molar refractivity (Wildman–Crippen MR) is 91.5 cm³/mol. The molecule has 2 aromatic rings. The Balaban J connectivity index is 1.66. The predicted octanol–water partition coefficient (Wildman–Crippen LogP) is 2.09. The molecule has 0 spiro atoms. The second-order valence-electron chi connectivity index (χ2n) is 5.95. The monoisotopic (exact) mass is 349 g/mol. The maximum Gasteiger partial charge on any atom is 0.265 e. The van der Waals surface area contributed by atoms with Gasteiger partial charge in [-0.05, 0) is 19.1 Å². The molecule has 0 unspecified atom stereocenters. The smallest absolute Gasteiger partial charge is 0.265 e. The number of rotatable bonds is 4. The second kappa shape index (κ2) is 7.38. The lowest BCUT2D eigenvalue weighted by atomic mass is 10.2. The van der Waals surface area contributed by atoms with Crippen LogP contribution in [0.4, 0.5) is 4.39 Å². The lowest BCUT2D eigenvalue weighted by Gasteiger charge is -2.34. The van der Waals surface area contributed by atoms with Gasteiger partial charge in [0.2, 0.25) is 0 Å². The number of benzene rings is 1. The molecule has 1 atom stereocenters. The van der Waals surface area contributed by atoms with Gasteiger partial charge in [-0.3, -0.25) is 9.69 Å². The third-order valence-corrected chi connectivity index (χ3v) is 5.02. The summed E-state index contributed by atoms with van der Waals surface area (Å²) < 4.78 is 13.8. The highest BCUT2D eigenvalue weighted by molar-refractivity contribution is 7.16. The first-order valence-corrected chi connectivity index (χ1v) is 8.76. The number of nitrogens with zero attached hydrogens (tertiary/aromatic N) is 3. The summed E-state index contributed by atoms with van der Waals surface area (Å²) in [5.74, 6) is -0.399. The highest BCUT2D eigenvalue weighted by Crippen LogP contribution is 2.28. The fourth-order valence-electron chi connectivity index (χ4n) is 2.80. The molecule has 128 valence electrons. The number of aliphatic hydroxyl groups is 1. The average molecular weight is 349 g/mol. The molecule has 24 heavy (non-hydrogen) atoms. The molecule has 1 fully saturated rings. The van der Waals surface area contributed by atoms with Gasteiger partial charge in [0, 0.05) is 38.3 Å². The van der Waals surface area contributed by atoms with Crippen LogP contribution in [0.3, 0.4) is 0 Å². The first-order valence-electron chi connectivity index (χ1n) is 7.95. The third kappa shape index (κ3) is 3.80. The van der Waals surface area contributed by atoms with Crippen LogP contribution in [0.15, 0.2) is 30.5 Å². The molecule has 5 nitrogen and oxygen atoms in total. The molecular formula is C17H20FN3O2S. The van der Waals surface area contributed by atoms with Crippen molar-refractivity contribution in [1.29, 1.82) is 0 Å². The number of thiazole rings is 1. The van der Waals surface area contributed by atoms with Crippen molar-refractivity contribution in [2.45, 2.75) is 13.0 Å². The zero-order valence-corrected chi connectivity index (χ0v) is 14.3. The summed E-state index contributed by atoms with van der Waals surface area (Å²) in [6.45, 7) is 5.13. The molecule has 7 heteroatoms. The van der Waals surface area contributed by atoms with Gasteiger partial charge in [-0.1, -0.05) is 12.1 Å². The Morgan fingerprint density at radius 2 is 2.04 bits per heavy atom. The summed E-state index contributed by atoms with van der Waals surface area (Å²) in [5.41, 5.74) is 0.420. The van der Waals surface area contributed by atoms with Crippen LogP contribution in [0.1, 0.15) is 16.6 Å². The fraction of sp³-hybridized carbons (Fsp3) is 0.412. The van der Waals surface area contributed by atoms with Gasteiger partial charge in [-0.2, -0.15) is 0 Å². The zero-order chi connectivity index (χ0) is 17.1. The van der Waals surface area contributed by atoms with E-state index in [0.717, 1.165) is 13.1 Å². The molecule has 0 aliphatic carbocycles. The van der Waals surface area contributed by atoms with Crippen LogP contribution in [-0.2, 0) is 0 Å². The number of hydrogen-bond donors (Lipinski definition) is 1. The molecule has 1 N–H and O–H groups in total. The number of aliphatic hydroxyl groups excluding tert-OH is 1. The van der Waals surface area contributed by atoms with E-state index in [4.69, 9.17) is 0 Å². The first kappa shape index (κ1) is 17.0. The van der Waals surface area contributed by atoms with Crippen LogP contribution in [0.25, 0.3) is 10.6 Å². The highest BCUT2D eigenvalue weighted by atomic mass is 32.1. The Kier molecular flexibility index (Phi) is 5.23. The molecule has 1 aliphatic rings. The number of halogens is 1. The lowest BCUT2D eigenvalue weighted by Crippen LogP contribution is -2.50. The van der Waals surface area contributed by atoms with E-state index in [2.05, 4.69) is 9.88 Å². The molecule has 1 aliphatic heterocycles. The van der Waals surface area contributed by atoms with Gasteiger partial charge < -0.3 is 10.0 Å². The number of amides is 1. The highest BCUT2D eigenvalue weighted by Gasteiger charge is 2.24. The van der Waals surface area contributed by atoms with Gasteiger partial charge >= 0.3 is 0 Å². The van der Waals surface area contributed by atoms with Crippen LogP contribution in [0, 0.1) is 5.82 Å². The molecule has 1 saturated heterocycles. The molecule has 0 saturated carbocycles. The van der Waals surface area contributed by atoms with E-state index in [-0.39, 0.29) is 17.8 Å². The standard InChI is InChI=1S/C17H20FN3O2S/c1-12(22)11-20-6-8-21(9-7-20)17(23)15-10-19-16(24-15)13-4-2-3-5-14(13)18/h2-5,10,12,22H,6-9,11H2,1H3/t12-/m0/s1. The summed E-state index contributed by atoms with van der Waals surface area (Å²) in [7, 11) is 0. The Morgan fingerprint density at radius 3 is 2.71 bits per heavy atom. The van der Waals surface area contributed by atoms with Crippen molar-refractivity contribution >= 4 is 17.2 Å². The van der Waals surface area contributed by atoms with E-state index in [1.54, 1.807) is 30.0 Å². The second-order valence-corrected chi connectivity index (χ2v) is 6.98.